The average molecular weight is 216 g/mol. The summed E-state index contributed by atoms with van der Waals surface area (Å²) >= 11 is 0. The van der Waals surface area contributed by atoms with Crippen molar-refractivity contribution in [3.05, 3.63) is 0 Å². The number of nitrogens with one attached hydrogen (secondary N) is 1. The Balaban J connectivity index is 3.74. The minimum atomic E-state index is -0.870. The van der Waals surface area contributed by atoms with E-state index in [9.17, 15) is 9.59 Å². The number of aliphatic carboxylic acids is 1. The third kappa shape index (κ3) is 6.90. The third-order valence-electron chi connectivity index (χ3n) is 2.21. The maximum atomic E-state index is 11.2. The van der Waals surface area contributed by atoms with Crippen LogP contribution in [0.3, 0.4) is 0 Å². The zero-order chi connectivity index (χ0) is 11.8. The van der Waals surface area contributed by atoms with E-state index in [1.165, 1.54) is 0 Å². The number of carboxylic acid groups (broad SMARTS) is 1. The molecule has 0 aliphatic rings. The van der Waals surface area contributed by atoms with E-state index in [0.717, 1.165) is 0 Å². The van der Waals surface area contributed by atoms with Gasteiger partial charge < -0.3 is 16.2 Å². The van der Waals surface area contributed by atoms with Gasteiger partial charge in [-0.3, -0.25) is 9.59 Å². The lowest BCUT2D eigenvalue weighted by Crippen LogP contribution is -2.33. The molecule has 0 radical (unpaired) electrons. The maximum Gasteiger partial charge on any atom is 0.308 e. The van der Waals surface area contributed by atoms with Crippen molar-refractivity contribution in [3.8, 4) is 0 Å². The molecular weight excluding hydrogens is 196 g/mol. The Morgan fingerprint density at radius 2 is 2.07 bits per heavy atom. The summed E-state index contributed by atoms with van der Waals surface area (Å²) < 4.78 is 0. The Morgan fingerprint density at radius 3 is 2.47 bits per heavy atom. The van der Waals surface area contributed by atoms with Gasteiger partial charge in [0.15, 0.2) is 0 Å². The van der Waals surface area contributed by atoms with Crippen LogP contribution in [0.15, 0.2) is 0 Å². The first-order valence-electron chi connectivity index (χ1n) is 5.22. The van der Waals surface area contributed by atoms with E-state index in [4.69, 9.17) is 10.8 Å². The molecule has 0 aliphatic heterocycles. The minimum absolute atomic E-state index is 0.00260. The molecule has 0 aromatic rings. The highest BCUT2D eigenvalue weighted by Gasteiger charge is 2.15. The van der Waals surface area contributed by atoms with Gasteiger partial charge in [-0.1, -0.05) is 6.92 Å². The van der Waals surface area contributed by atoms with Crippen molar-refractivity contribution in [1.82, 2.24) is 5.32 Å². The number of nitrogens with two attached hydrogens (primary N) is 1. The predicted octanol–water partition coefficient (Wildman–Crippen LogP) is 0.341. The first-order chi connectivity index (χ1) is 6.97. The molecule has 0 saturated heterocycles. The van der Waals surface area contributed by atoms with E-state index in [0.29, 0.717) is 19.3 Å². The van der Waals surface area contributed by atoms with Gasteiger partial charge in [-0.25, -0.2) is 0 Å². The number of amides is 1. The Labute approximate surface area is 90.0 Å². The lowest BCUT2D eigenvalue weighted by molar-refractivity contribution is -0.141. The van der Waals surface area contributed by atoms with Crippen molar-refractivity contribution >= 4 is 11.9 Å². The van der Waals surface area contributed by atoms with Crippen LogP contribution in [-0.2, 0) is 9.59 Å². The smallest absolute Gasteiger partial charge is 0.308 e. The molecule has 0 heterocycles. The lowest BCUT2D eigenvalue weighted by Gasteiger charge is -2.11. The molecule has 2 unspecified atom stereocenters. The number of carbonyl (C=O) groups is 2. The maximum absolute atomic E-state index is 11.2. The summed E-state index contributed by atoms with van der Waals surface area (Å²) in [5.41, 5.74) is 5.50. The number of hydrogen-bond donors (Lipinski definition) is 3. The van der Waals surface area contributed by atoms with Gasteiger partial charge in [0.05, 0.1) is 5.92 Å². The molecular formula is C10H20N2O3. The predicted molar refractivity (Wildman–Crippen MR) is 57.3 cm³/mol. The summed E-state index contributed by atoms with van der Waals surface area (Å²) in [6, 6.07) is -0.00260. The normalized spacial score (nSPS) is 14.3. The molecule has 1 amide bonds. The zero-order valence-electron chi connectivity index (χ0n) is 9.32. The lowest BCUT2D eigenvalue weighted by atomic mass is 10.1. The first-order valence-corrected chi connectivity index (χ1v) is 5.22. The zero-order valence-corrected chi connectivity index (χ0v) is 9.32. The summed E-state index contributed by atoms with van der Waals surface area (Å²) in [6.45, 7) is 3.82. The van der Waals surface area contributed by atoms with Gasteiger partial charge in [0.25, 0.3) is 0 Å². The first kappa shape index (κ1) is 13.9. The Kier molecular flexibility index (Phi) is 6.70. The van der Waals surface area contributed by atoms with Crippen LogP contribution in [0.5, 0.6) is 0 Å². The number of carbonyl (C=O) groups excluding carboxylic acids is 1. The summed E-state index contributed by atoms with van der Waals surface area (Å²) in [5.74, 6) is -1.50. The largest absolute Gasteiger partial charge is 0.481 e. The molecule has 5 nitrogen and oxygen atoms in total. The summed E-state index contributed by atoms with van der Waals surface area (Å²) in [5, 5.41) is 11.3. The van der Waals surface area contributed by atoms with E-state index in [-0.39, 0.29) is 18.5 Å². The SMILES string of the molecule is CCC(CNC(=O)CCC(C)N)C(=O)O. The molecule has 2 atom stereocenters. The van der Waals surface area contributed by atoms with Crippen LogP contribution in [0.25, 0.3) is 0 Å². The van der Waals surface area contributed by atoms with Gasteiger partial charge in [0.2, 0.25) is 5.91 Å². The van der Waals surface area contributed by atoms with E-state index in [1.54, 1.807) is 6.92 Å². The molecule has 0 aromatic heterocycles. The fraction of sp³-hybridized carbons (Fsp3) is 0.800. The Bertz CT molecular complexity index is 217. The molecule has 0 aromatic carbocycles. The molecule has 0 aliphatic carbocycles. The van der Waals surface area contributed by atoms with Gasteiger partial charge in [0.1, 0.15) is 0 Å². The van der Waals surface area contributed by atoms with Crippen molar-refractivity contribution < 1.29 is 14.7 Å². The molecule has 15 heavy (non-hydrogen) atoms. The van der Waals surface area contributed by atoms with E-state index < -0.39 is 11.9 Å². The molecule has 88 valence electrons. The van der Waals surface area contributed by atoms with E-state index >= 15 is 0 Å². The molecule has 0 bridgehead atoms. The molecule has 0 saturated carbocycles. The highest BCUT2D eigenvalue weighted by Crippen LogP contribution is 2.01. The topological polar surface area (TPSA) is 92.4 Å². The van der Waals surface area contributed by atoms with Crippen LogP contribution >= 0.6 is 0 Å². The molecule has 0 spiro atoms. The van der Waals surface area contributed by atoms with Crippen LogP contribution in [0.2, 0.25) is 0 Å². The monoisotopic (exact) mass is 216 g/mol. The van der Waals surface area contributed by atoms with Gasteiger partial charge in [-0.05, 0) is 19.8 Å². The second kappa shape index (κ2) is 7.23. The van der Waals surface area contributed by atoms with Crippen LogP contribution in [0, 0.1) is 5.92 Å². The van der Waals surface area contributed by atoms with Gasteiger partial charge >= 0.3 is 5.97 Å². The van der Waals surface area contributed by atoms with E-state index in [2.05, 4.69) is 5.32 Å². The fourth-order valence-corrected chi connectivity index (χ4v) is 1.09. The highest BCUT2D eigenvalue weighted by molar-refractivity contribution is 5.77. The Morgan fingerprint density at radius 1 is 1.47 bits per heavy atom. The van der Waals surface area contributed by atoms with Crippen LogP contribution in [0.4, 0.5) is 0 Å². The van der Waals surface area contributed by atoms with Gasteiger partial charge in [0, 0.05) is 19.0 Å². The standard InChI is InChI=1S/C10H20N2O3/c1-3-8(10(14)15)6-12-9(13)5-4-7(2)11/h7-8H,3-6,11H2,1-2H3,(H,12,13)(H,14,15). The molecule has 0 rings (SSSR count). The van der Waals surface area contributed by atoms with Crippen LogP contribution in [-0.4, -0.2) is 29.6 Å². The second-order valence-electron chi connectivity index (χ2n) is 3.76. The van der Waals surface area contributed by atoms with Crippen molar-refractivity contribution in [2.75, 3.05) is 6.54 Å². The van der Waals surface area contributed by atoms with Crippen molar-refractivity contribution in [1.29, 1.82) is 0 Å². The summed E-state index contributed by atoms with van der Waals surface area (Å²) in [7, 11) is 0. The molecule has 4 N–H and O–H groups in total. The van der Waals surface area contributed by atoms with Crippen LogP contribution < -0.4 is 11.1 Å². The number of rotatable bonds is 7. The Hall–Kier alpha value is -1.10. The van der Waals surface area contributed by atoms with Crippen molar-refractivity contribution in [2.45, 2.75) is 39.2 Å². The minimum Gasteiger partial charge on any atom is -0.481 e. The molecule has 0 fully saturated rings. The van der Waals surface area contributed by atoms with Crippen molar-refractivity contribution in [3.63, 3.8) is 0 Å². The highest BCUT2D eigenvalue weighted by atomic mass is 16.4. The number of hydrogen-bond acceptors (Lipinski definition) is 3. The molecule has 5 heteroatoms. The van der Waals surface area contributed by atoms with Gasteiger partial charge in [-0.15, -0.1) is 0 Å². The van der Waals surface area contributed by atoms with Crippen LogP contribution in [0.1, 0.15) is 33.1 Å². The van der Waals surface area contributed by atoms with Gasteiger partial charge in [-0.2, -0.15) is 0 Å². The average Bonchev–Trinajstić information content (AvgIpc) is 2.15. The second-order valence-corrected chi connectivity index (χ2v) is 3.76. The van der Waals surface area contributed by atoms with Crippen molar-refractivity contribution in [2.24, 2.45) is 11.7 Å². The van der Waals surface area contributed by atoms with E-state index in [1.807, 2.05) is 6.92 Å². The number of carboxylic acids is 1. The fourth-order valence-electron chi connectivity index (χ4n) is 1.09. The quantitative estimate of drug-likeness (QED) is 0.572. The summed E-state index contributed by atoms with van der Waals surface area (Å²) in [6.07, 6.45) is 1.49. The summed E-state index contributed by atoms with van der Waals surface area (Å²) in [4.78, 5) is 21.9. The third-order valence-corrected chi connectivity index (χ3v) is 2.21.